The van der Waals surface area contributed by atoms with E-state index in [0.717, 1.165) is 18.8 Å². The van der Waals surface area contributed by atoms with Gasteiger partial charge in [0.15, 0.2) is 8.32 Å². The van der Waals surface area contributed by atoms with Gasteiger partial charge in [-0.15, -0.1) is 0 Å². The van der Waals surface area contributed by atoms with Crippen molar-refractivity contribution in [1.82, 2.24) is 0 Å². The van der Waals surface area contributed by atoms with E-state index >= 15 is 0 Å². The molecule has 0 aromatic heterocycles. The van der Waals surface area contributed by atoms with Crippen LogP contribution < -0.4 is 0 Å². The number of hydrogen-bond donors (Lipinski definition) is 2. The van der Waals surface area contributed by atoms with Crippen molar-refractivity contribution >= 4 is 18.4 Å². The van der Waals surface area contributed by atoms with Gasteiger partial charge in [-0.3, -0.25) is 4.55 Å². The Hall–Kier alpha value is 0.0469. The lowest BCUT2D eigenvalue weighted by Gasteiger charge is -2.36. The lowest BCUT2D eigenvalue weighted by atomic mass is 10.2. The van der Waals surface area contributed by atoms with Crippen LogP contribution in [0.3, 0.4) is 0 Å². The Bertz CT molecular complexity index is 424. The van der Waals surface area contributed by atoms with E-state index in [0.29, 0.717) is 13.0 Å². The minimum atomic E-state index is -3.69. The molecule has 2 N–H and O–H groups in total. The summed E-state index contributed by atoms with van der Waals surface area (Å²) in [5.74, 6) is 0.673. The van der Waals surface area contributed by atoms with Crippen LogP contribution in [-0.2, 0) is 14.5 Å². The summed E-state index contributed by atoms with van der Waals surface area (Å²) in [5, 5.41) is 10.0. The normalized spacial score (nSPS) is 17.4. The van der Waals surface area contributed by atoms with Crippen LogP contribution in [0, 0.1) is 5.92 Å². The number of aliphatic hydroxyl groups is 1. The molecule has 23 heavy (non-hydrogen) atoms. The summed E-state index contributed by atoms with van der Waals surface area (Å²) in [6.07, 6.45) is 4.63. The molecule has 0 amide bonds. The first-order chi connectivity index (χ1) is 10.3. The number of aliphatic hydroxyl groups excluding tert-OH is 1. The van der Waals surface area contributed by atoms with Crippen molar-refractivity contribution < 1.29 is 22.5 Å². The molecule has 0 heterocycles. The molecule has 0 aromatic rings. The molecular weight excluding hydrogens is 332 g/mol. The maximum atomic E-state index is 9.95. The summed E-state index contributed by atoms with van der Waals surface area (Å²) < 4.78 is 34.0. The van der Waals surface area contributed by atoms with E-state index in [-0.39, 0.29) is 16.9 Å². The second-order valence-electron chi connectivity index (χ2n) is 8.04. The van der Waals surface area contributed by atoms with Gasteiger partial charge in [-0.2, -0.15) is 8.42 Å². The molecule has 140 valence electrons. The van der Waals surface area contributed by atoms with Crippen LogP contribution in [0.4, 0.5) is 0 Å². The topological polar surface area (TPSA) is 83.8 Å². The molecule has 1 aliphatic carbocycles. The zero-order valence-corrected chi connectivity index (χ0v) is 17.4. The Balaban J connectivity index is 0.000000515. The maximum absolute atomic E-state index is 9.95. The Kier molecular flexibility index (Phi) is 9.53. The Morgan fingerprint density at radius 1 is 1.26 bits per heavy atom. The molecule has 0 aliphatic heterocycles. The van der Waals surface area contributed by atoms with E-state index in [1.165, 1.54) is 12.8 Å². The molecule has 0 aromatic carbocycles. The molecule has 5 nitrogen and oxygen atoms in total. The predicted molar refractivity (Wildman–Crippen MR) is 97.8 cm³/mol. The fraction of sp³-hybridized carbons (Fsp3) is 1.00. The van der Waals surface area contributed by atoms with Crippen LogP contribution in [0.15, 0.2) is 0 Å². The van der Waals surface area contributed by atoms with Crippen molar-refractivity contribution in [3.8, 4) is 0 Å². The van der Waals surface area contributed by atoms with Gasteiger partial charge in [0, 0.05) is 0 Å². The molecule has 0 saturated heterocycles. The third-order valence-corrected chi connectivity index (χ3v) is 9.81. The first-order valence-corrected chi connectivity index (χ1v) is 13.1. The van der Waals surface area contributed by atoms with Crippen molar-refractivity contribution in [3.63, 3.8) is 0 Å². The van der Waals surface area contributed by atoms with E-state index < -0.39 is 18.4 Å². The van der Waals surface area contributed by atoms with Gasteiger partial charge in [-0.05, 0) is 36.9 Å². The average molecular weight is 369 g/mol. The van der Waals surface area contributed by atoms with Crippen molar-refractivity contribution in [1.29, 1.82) is 0 Å². The molecule has 0 bridgehead atoms. The largest absolute Gasteiger partial charge is 0.414 e. The fourth-order valence-corrected chi connectivity index (χ4v) is 3.35. The zero-order valence-electron chi connectivity index (χ0n) is 15.6. The highest BCUT2D eigenvalue weighted by Crippen LogP contribution is 2.37. The number of rotatable bonds is 8. The zero-order chi connectivity index (χ0) is 18.3. The standard InChI is InChI=1S/C12H26O2Si.C4H10O3S/c1-12(2,3)15(4,5)14-9-11(13)8-10-6-7-10;1-2-3-4-8(5,6)7/h10-11,13H,6-9H2,1-5H3;2-4H2,1H3,(H,5,6,7)/t11-;/m1./s1. The van der Waals surface area contributed by atoms with Gasteiger partial charge in [0.25, 0.3) is 10.1 Å². The van der Waals surface area contributed by atoms with Crippen LogP contribution in [0.5, 0.6) is 0 Å². The minimum Gasteiger partial charge on any atom is -0.414 e. The SMILES string of the molecule is CC(C)(C)[Si](C)(C)OC[C@H](O)CC1CC1.CCCCS(=O)(=O)O. The molecular formula is C16H36O5SSi. The molecule has 1 fully saturated rings. The molecule has 1 saturated carbocycles. The minimum absolute atomic E-state index is 0.108. The third-order valence-electron chi connectivity index (χ3n) is 4.50. The highest BCUT2D eigenvalue weighted by molar-refractivity contribution is 7.85. The summed E-state index contributed by atoms with van der Waals surface area (Å²) >= 11 is 0. The van der Waals surface area contributed by atoms with E-state index in [1.807, 2.05) is 6.92 Å². The van der Waals surface area contributed by atoms with Gasteiger partial charge in [-0.25, -0.2) is 0 Å². The van der Waals surface area contributed by atoms with Crippen molar-refractivity contribution in [2.75, 3.05) is 12.4 Å². The van der Waals surface area contributed by atoms with Gasteiger partial charge in [0.2, 0.25) is 0 Å². The van der Waals surface area contributed by atoms with Gasteiger partial charge in [0.1, 0.15) is 0 Å². The second kappa shape index (κ2) is 9.51. The van der Waals surface area contributed by atoms with E-state index in [1.54, 1.807) is 0 Å². The summed E-state index contributed by atoms with van der Waals surface area (Å²) in [6.45, 7) is 13.6. The lowest BCUT2D eigenvalue weighted by Crippen LogP contribution is -2.42. The first-order valence-electron chi connectivity index (χ1n) is 8.55. The maximum Gasteiger partial charge on any atom is 0.264 e. The lowest BCUT2D eigenvalue weighted by molar-refractivity contribution is 0.0883. The number of hydrogen-bond acceptors (Lipinski definition) is 4. The first kappa shape index (κ1) is 23.0. The van der Waals surface area contributed by atoms with Crippen molar-refractivity contribution in [2.45, 2.75) is 84.0 Å². The molecule has 0 unspecified atom stereocenters. The van der Waals surface area contributed by atoms with Crippen molar-refractivity contribution in [2.24, 2.45) is 5.92 Å². The van der Waals surface area contributed by atoms with Crippen LogP contribution in [0.2, 0.25) is 18.1 Å². The monoisotopic (exact) mass is 368 g/mol. The van der Waals surface area contributed by atoms with Gasteiger partial charge >= 0.3 is 0 Å². The van der Waals surface area contributed by atoms with E-state index in [9.17, 15) is 13.5 Å². The molecule has 1 atom stereocenters. The van der Waals surface area contributed by atoms with Crippen LogP contribution in [-0.4, -0.2) is 44.9 Å². The smallest absolute Gasteiger partial charge is 0.264 e. The van der Waals surface area contributed by atoms with Gasteiger partial charge in [0.05, 0.1) is 18.5 Å². The summed E-state index contributed by atoms with van der Waals surface area (Å²) in [4.78, 5) is 0. The van der Waals surface area contributed by atoms with Crippen LogP contribution in [0.1, 0.15) is 59.8 Å². The molecule has 1 rings (SSSR count). The second-order valence-corrected chi connectivity index (χ2v) is 14.4. The molecule has 0 spiro atoms. The van der Waals surface area contributed by atoms with Crippen LogP contribution in [0.25, 0.3) is 0 Å². The summed E-state index contributed by atoms with van der Waals surface area (Å²) in [5.41, 5.74) is 0. The van der Waals surface area contributed by atoms with E-state index in [2.05, 4.69) is 33.9 Å². The van der Waals surface area contributed by atoms with Gasteiger partial charge in [-0.1, -0.05) is 47.0 Å². The predicted octanol–water partition coefficient (Wildman–Crippen LogP) is 3.84. The Morgan fingerprint density at radius 3 is 2.09 bits per heavy atom. The third kappa shape index (κ3) is 12.1. The average Bonchev–Trinajstić information content (AvgIpc) is 3.16. The van der Waals surface area contributed by atoms with Crippen LogP contribution >= 0.6 is 0 Å². The number of unbranched alkanes of at least 4 members (excludes halogenated alkanes) is 1. The fourth-order valence-electron chi connectivity index (χ4n) is 1.65. The Morgan fingerprint density at radius 2 is 1.78 bits per heavy atom. The van der Waals surface area contributed by atoms with Gasteiger partial charge < -0.3 is 9.53 Å². The highest BCUT2D eigenvalue weighted by Gasteiger charge is 2.37. The quantitative estimate of drug-likeness (QED) is 0.502. The molecule has 7 heteroatoms. The van der Waals surface area contributed by atoms with E-state index in [4.69, 9.17) is 8.98 Å². The highest BCUT2D eigenvalue weighted by atomic mass is 32.2. The Labute approximate surface area is 143 Å². The molecule has 0 radical (unpaired) electrons. The van der Waals surface area contributed by atoms with Crippen molar-refractivity contribution in [3.05, 3.63) is 0 Å². The molecule has 1 aliphatic rings. The summed E-state index contributed by atoms with van der Waals surface area (Å²) in [7, 11) is -5.34. The summed E-state index contributed by atoms with van der Waals surface area (Å²) in [6, 6.07) is 0.